The maximum absolute atomic E-state index is 6.45. The molecule has 0 saturated heterocycles. The molecule has 0 radical (unpaired) electrons. The minimum absolute atomic E-state index is 0.840. The number of rotatable bonds is 6. The number of hydrogen-bond donors (Lipinski definition) is 0. The second kappa shape index (κ2) is 8.66. The van der Waals surface area contributed by atoms with Crippen molar-refractivity contribution in [3.05, 3.63) is 78.0 Å². The van der Waals surface area contributed by atoms with Crippen LogP contribution < -0.4 is 14.2 Å². The molecule has 4 rings (SSSR count). The number of hydrogen-bond acceptors (Lipinski definition) is 3. The van der Waals surface area contributed by atoms with Gasteiger partial charge in [-0.3, -0.25) is 0 Å². The highest BCUT2D eigenvalue weighted by Crippen LogP contribution is 2.42. The molecule has 0 unspecified atom stereocenters. The second-order valence-electron chi connectivity index (χ2n) is 7.95. The molecule has 0 fully saturated rings. The average molecular weight is 389 g/mol. The first-order valence-electron chi connectivity index (χ1n) is 10.4. The van der Waals surface area contributed by atoms with Gasteiger partial charge in [0, 0.05) is 18.3 Å². The Hall–Kier alpha value is -2.85. The fourth-order valence-electron chi connectivity index (χ4n) is 4.04. The third-order valence-electron chi connectivity index (χ3n) is 5.51. The van der Waals surface area contributed by atoms with Crippen LogP contribution in [0.4, 0.5) is 11.4 Å². The van der Waals surface area contributed by atoms with E-state index >= 15 is 0 Å². The van der Waals surface area contributed by atoms with Gasteiger partial charge in [0.15, 0.2) is 11.9 Å². The Balaban J connectivity index is 1.77. The lowest BCUT2D eigenvalue weighted by atomic mass is 10.0. The number of para-hydroxylation sites is 2. The zero-order valence-electron chi connectivity index (χ0n) is 17.6. The SMILES string of the molecule is CN(C)CCCN1c2ccccc2CCc2cccc(Oc3cccc[n+]3C)c21. The molecule has 0 aliphatic carbocycles. The van der Waals surface area contributed by atoms with E-state index in [-0.39, 0.29) is 0 Å². The summed E-state index contributed by atoms with van der Waals surface area (Å²) in [6.45, 7) is 2.02. The van der Waals surface area contributed by atoms with E-state index in [2.05, 4.69) is 66.4 Å². The fraction of sp³-hybridized carbons (Fsp3) is 0.320. The van der Waals surface area contributed by atoms with Gasteiger partial charge < -0.3 is 14.5 Å². The Bertz CT molecular complexity index is 983. The predicted molar refractivity (Wildman–Crippen MR) is 118 cm³/mol. The predicted octanol–water partition coefficient (Wildman–Crippen LogP) is 4.49. The largest absolute Gasteiger partial charge is 0.403 e. The van der Waals surface area contributed by atoms with Crippen molar-refractivity contribution in [3.63, 3.8) is 0 Å². The van der Waals surface area contributed by atoms with Crippen molar-refractivity contribution in [1.29, 1.82) is 0 Å². The first-order valence-corrected chi connectivity index (χ1v) is 10.4. The van der Waals surface area contributed by atoms with Crippen molar-refractivity contribution in [3.8, 4) is 11.6 Å². The van der Waals surface area contributed by atoms with E-state index in [1.807, 2.05) is 36.0 Å². The summed E-state index contributed by atoms with van der Waals surface area (Å²) in [5.74, 6) is 1.76. The lowest BCUT2D eigenvalue weighted by Crippen LogP contribution is -2.29. The van der Waals surface area contributed by atoms with E-state index in [1.54, 1.807) is 0 Å². The zero-order valence-corrected chi connectivity index (χ0v) is 17.6. The summed E-state index contributed by atoms with van der Waals surface area (Å²) in [4.78, 5) is 4.72. The van der Waals surface area contributed by atoms with Gasteiger partial charge in [0.05, 0.1) is 11.8 Å². The molecule has 1 aliphatic heterocycles. The van der Waals surface area contributed by atoms with E-state index in [1.165, 1.54) is 22.5 Å². The quantitative estimate of drug-likeness (QED) is 0.580. The van der Waals surface area contributed by atoms with Gasteiger partial charge in [-0.25, -0.2) is 0 Å². The van der Waals surface area contributed by atoms with Gasteiger partial charge in [0.25, 0.3) is 0 Å². The van der Waals surface area contributed by atoms with E-state index in [9.17, 15) is 0 Å². The standard InChI is InChI=1S/C25H30N3O/c1-26(2)17-9-19-28-22-12-5-4-10-20(22)15-16-21-11-8-13-23(25(21)28)29-24-14-6-7-18-27(24)3/h4-8,10-14,18H,9,15-17,19H2,1-3H3/q+1. The molecular weight excluding hydrogens is 358 g/mol. The maximum atomic E-state index is 6.45. The van der Waals surface area contributed by atoms with Crippen molar-refractivity contribution >= 4 is 11.4 Å². The lowest BCUT2D eigenvalue weighted by Gasteiger charge is -2.29. The number of fused-ring (bicyclic) bond motifs is 2. The first kappa shape index (κ1) is 19.5. The summed E-state index contributed by atoms with van der Waals surface area (Å²) in [7, 11) is 6.28. The Morgan fingerprint density at radius 1 is 0.931 bits per heavy atom. The molecule has 29 heavy (non-hydrogen) atoms. The van der Waals surface area contributed by atoms with Crippen LogP contribution in [-0.4, -0.2) is 32.1 Å². The molecule has 0 N–H and O–H groups in total. The summed E-state index contributed by atoms with van der Waals surface area (Å²) in [6.07, 6.45) is 5.18. The van der Waals surface area contributed by atoms with Crippen LogP contribution in [0, 0.1) is 0 Å². The van der Waals surface area contributed by atoms with Crippen molar-refractivity contribution in [2.45, 2.75) is 19.3 Å². The summed E-state index contributed by atoms with van der Waals surface area (Å²) >= 11 is 0. The summed E-state index contributed by atoms with van der Waals surface area (Å²) in [5, 5.41) is 0. The van der Waals surface area contributed by atoms with Crippen LogP contribution in [0.1, 0.15) is 17.5 Å². The first-order chi connectivity index (χ1) is 14.1. The number of ether oxygens (including phenoxy) is 1. The Morgan fingerprint density at radius 2 is 1.69 bits per heavy atom. The summed E-state index contributed by atoms with van der Waals surface area (Å²) in [5.41, 5.74) is 5.27. The van der Waals surface area contributed by atoms with Gasteiger partial charge >= 0.3 is 5.88 Å². The normalized spacial score (nSPS) is 13.0. The molecule has 1 aromatic heterocycles. The summed E-state index contributed by atoms with van der Waals surface area (Å²) in [6, 6.07) is 21.3. The van der Waals surface area contributed by atoms with Crippen molar-refractivity contribution in [1.82, 2.24) is 4.90 Å². The molecule has 4 nitrogen and oxygen atoms in total. The molecule has 0 bridgehead atoms. The molecule has 2 heterocycles. The van der Waals surface area contributed by atoms with Gasteiger partial charge in [-0.15, -0.1) is 0 Å². The number of pyridine rings is 1. The number of benzene rings is 2. The number of nitrogens with zero attached hydrogens (tertiary/aromatic N) is 3. The highest BCUT2D eigenvalue weighted by molar-refractivity contribution is 5.76. The van der Waals surface area contributed by atoms with Gasteiger partial charge in [0.2, 0.25) is 0 Å². The fourth-order valence-corrected chi connectivity index (χ4v) is 4.04. The van der Waals surface area contributed by atoms with Crippen LogP contribution in [0.2, 0.25) is 0 Å². The molecule has 1 aliphatic rings. The highest BCUT2D eigenvalue weighted by atomic mass is 16.5. The third kappa shape index (κ3) is 4.28. The molecule has 150 valence electrons. The molecule has 2 aromatic carbocycles. The second-order valence-corrected chi connectivity index (χ2v) is 7.95. The Morgan fingerprint density at radius 3 is 2.52 bits per heavy atom. The topological polar surface area (TPSA) is 19.6 Å². The van der Waals surface area contributed by atoms with Crippen molar-refractivity contribution < 1.29 is 9.30 Å². The minimum Gasteiger partial charge on any atom is -0.403 e. The Labute approximate surface area is 174 Å². The van der Waals surface area contributed by atoms with Gasteiger partial charge in [-0.2, -0.15) is 4.57 Å². The van der Waals surface area contributed by atoms with Crippen LogP contribution in [0.5, 0.6) is 11.6 Å². The zero-order chi connectivity index (χ0) is 20.2. The van der Waals surface area contributed by atoms with E-state index in [0.29, 0.717) is 0 Å². The monoisotopic (exact) mass is 388 g/mol. The average Bonchev–Trinajstić information content (AvgIpc) is 2.88. The molecule has 0 saturated carbocycles. The smallest absolute Gasteiger partial charge is 0.373 e. The lowest BCUT2D eigenvalue weighted by molar-refractivity contribution is -0.675. The van der Waals surface area contributed by atoms with Gasteiger partial charge in [0.1, 0.15) is 7.05 Å². The summed E-state index contributed by atoms with van der Waals surface area (Å²) < 4.78 is 8.46. The molecule has 3 aromatic rings. The van der Waals surface area contributed by atoms with Crippen LogP contribution in [-0.2, 0) is 19.9 Å². The van der Waals surface area contributed by atoms with Gasteiger partial charge in [-0.05, 0) is 69.2 Å². The van der Waals surface area contributed by atoms with E-state index in [0.717, 1.165) is 44.0 Å². The van der Waals surface area contributed by atoms with Crippen LogP contribution in [0.25, 0.3) is 0 Å². The molecule has 0 atom stereocenters. The third-order valence-corrected chi connectivity index (χ3v) is 5.51. The molecule has 0 amide bonds. The van der Waals surface area contributed by atoms with Crippen molar-refractivity contribution in [2.24, 2.45) is 7.05 Å². The number of aryl methyl sites for hydroxylation is 3. The molecule has 4 heteroatoms. The van der Waals surface area contributed by atoms with E-state index < -0.39 is 0 Å². The number of aromatic nitrogens is 1. The van der Waals surface area contributed by atoms with Crippen LogP contribution in [0.15, 0.2) is 66.9 Å². The van der Waals surface area contributed by atoms with Gasteiger partial charge in [-0.1, -0.05) is 30.3 Å². The maximum Gasteiger partial charge on any atom is 0.373 e. The highest BCUT2D eigenvalue weighted by Gasteiger charge is 2.25. The van der Waals surface area contributed by atoms with Crippen molar-refractivity contribution in [2.75, 3.05) is 32.1 Å². The minimum atomic E-state index is 0.840. The number of anilines is 2. The van der Waals surface area contributed by atoms with E-state index in [4.69, 9.17) is 4.74 Å². The molecular formula is C25H30N3O+. The van der Waals surface area contributed by atoms with Crippen LogP contribution in [0.3, 0.4) is 0 Å². The Kier molecular flexibility index (Phi) is 5.81. The molecule has 0 spiro atoms. The van der Waals surface area contributed by atoms with Crippen LogP contribution >= 0.6 is 0 Å².